The minimum atomic E-state index is -4.85. The van der Waals surface area contributed by atoms with E-state index in [0.717, 1.165) is 6.42 Å². The lowest BCUT2D eigenvalue weighted by Crippen LogP contribution is -2.27. The van der Waals surface area contributed by atoms with Crippen molar-refractivity contribution in [1.82, 2.24) is 5.09 Å². The van der Waals surface area contributed by atoms with Crippen molar-refractivity contribution in [1.29, 1.82) is 0 Å². The Morgan fingerprint density at radius 1 is 0.933 bits per heavy atom. The molecule has 0 amide bonds. The number of esters is 1. The van der Waals surface area contributed by atoms with E-state index in [-0.39, 0.29) is 12.4 Å². The molecule has 2 aromatic rings. The van der Waals surface area contributed by atoms with Crippen LogP contribution in [0.2, 0.25) is 0 Å². The average molecular weight is 453 g/mol. The van der Waals surface area contributed by atoms with Gasteiger partial charge in [-0.1, -0.05) is 31.5 Å². The second-order valence-electron chi connectivity index (χ2n) is 5.80. The predicted molar refractivity (Wildman–Crippen MR) is 95.4 cm³/mol. The molecule has 0 saturated heterocycles. The van der Waals surface area contributed by atoms with Crippen molar-refractivity contribution in [3.63, 3.8) is 0 Å². The van der Waals surface area contributed by atoms with Crippen LogP contribution < -0.4 is 14.1 Å². The van der Waals surface area contributed by atoms with Gasteiger partial charge in [-0.05, 0) is 18.6 Å². The second-order valence-corrected chi connectivity index (χ2v) is 7.48. The molecular weight excluding hydrogens is 436 g/mol. The van der Waals surface area contributed by atoms with Gasteiger partial charge in [0, 0.05) is 0 Å². The van der Waals surface area contributed by atoms with Crippen LogP contribution in [0.5, 0.6) is 11.5 Å². The number of nitrogens with one attached hydrogen (secondary N) is 1. The highest BCUT2D eigenvalue weighted by atomic mass is 31.2. The number of hydrogen-bond acceptors (Lipinski definition) is 5. The molecule has 0 heterocycles. The molecule has 12 heteroatoms. The van der Waals surface area contributed by atoms with Crippen LogP contribution in [0, 0.1) is 29.1 Å². The molecule has 2 aromatic carbocycles. The number of halogens is 5. The minimum absolute atomic E-state index is 0.0688. The molecule has 0 aliphatic heterocycles. The van der Waals surface area contributed by atoms with Crippen LogP contribution in [0.15, 0.2) is 30.3 Å². The van der Waals surface area contributed by atoms with Crippen molar-refractivity contribution in [3.8, 4) is 11.5 Å². The van der Waals surface area contributed by atoms with Gasteiger partial charge in [-0.15, -0.1) is 0 Å². The van der Waals surface area contributed by atoms with E-state index in [1.165, 1.54) is 24.3 Å². The number of benzene rings is 2. The molecular formula is C18H17F5NO5P. The Balaban J connectivity index is 2.30. The minimum Gasteiger partial charge on any atom is -0.465 e. The zero-order valence-corrected chi connectivity index (χ0v) is 16.5. The third kappa shape index (κ3) is 5.93. The van der Waals surface area contributed by atoms with Crippen LogP contribution in [-0.4, -0.2) is 19.1 Å². The average Bonchev–Trinajstić information content (AvgIpc) is 2.73. The summed E-state index contributed by atoms with van der Waals surface area (Å²) in [5, 5.41) is 1.99. The maximum absolute atomic E-state index is 13.9. The second kappa shape index (κ2) is 10.4. The van der Waals surface area contributed by atoms with E-state index in [1.54, 1.807) is 6.07 Å². The molecule has 0 aliphatic carbocycles. The van der Waals surface area contributed by atoms with E-state index in [0.29, 0.717) is 6.42 Å². The van der Waals surface area contributed by atoms with Gasteiger partial charge in [-0.25, -0.2) is 17.7 Å². The fourth-order valence-electron chi connectivity index (χ4n) is 2.03. The van der Waals surface area contributed by atoms with Crippen molar-refractivity contribution < 1.29 is 45.1 Å². The van der Waals surface area contributed by atoms with Gasteiger partial charge in [0.1, 0.15) is 12.3 Å². The van der Waals surface area contributed by atoms with Crippen LogP contribution >= 0.6 is 7.75 Å². The van der Waals surface area contributed by atoms with Gasteiger partial charge >= 0.3 is 13.7 Å². The van der Waals surface area contributed by atoms with Crippen molar-refractivity contribution in [2.75, 3.05) is 13.2 Å². The SMILES string of the molecule is CCCCOC(=O)CNP(=O)(Oc1ccccc1)Oc1c(F)c(F)c(F)c(F)c1F. The molecule has 1 N–H and O–H groups in total. The summed E-state index contributed by atoms with van der Waals surface area (Å²) in [6.45, 7) is 1.13. The number of para-hydroxylation sites is 1. The zero-order chi connectivity index (χ0) is 22.3. The Hall–Kier alpha value is -2.65. The predicted octanol–water partition coefficient (Wildman–Crippen LogP) is 4.88. The highest BCUT2D eigenvalue weighted by molar-refractivity contribution is 7.52. The van der Waals surface area contributed by atoms with Gasteiger partial charge in [0.25, 0.3) is 0 Å². The molecule has 0 radical (unpaired) electrons. The van der Waals surface area contributed by atoms with Crippen LogP contribution in [0.3, 0.4) is 0 Å². The molecule has 0 aromatic heterocycles. The summed E-state index contributed by atoms with van der Waals surface area (Å²) in [6.07, 6.45) is 1.30. The summed E-state index contributed by atoms with van der Waals surface area (Å²) < 4.78 is 95.4. The lowest BCUT2D eigenvalue weighted by Gasteiger charge is -2.21. The lowest BCUT2D eigenvalue weighted by molar-refractivity contribution is -0.142. The van der Waals surface area contributed by atoms with Gasteiger partial charge < -0.3 is 13.8 Å². The van der Waals surface area contributed by atoms with Crippen molar-refractivity contribution in [3.05, 3.63) is 59.4 Å². The molecule has 1 atom stereocenters. The summed E-state index contributed by atoms with van der Waals surface area (Å²) in [4.78, 5) is 11.7. The van der Waals surface area contributed by atoms with E-state index in [9.17, 15) is 31.3 Å². The summed E-state index contributed by atoms with van der Waals surface area (Å²) in [7, 11) is -4.85. The summed E-state index contributed by atoms with van der Waals surface area (Å²) in [6, 6.07) is 7.06. The number of carbonyl (C=O) groups excluding carboxylic acids is 1. The first-order valence-corrected chi connectivity index (χ1v) is 10.2. The van der Waals surface area contributed by atoms with Crippen molar-refractivity contribution >= 4 is 13.7 Å². The van der Waals surface area contributed by atoms with E-state index < -0.39 is 55.1 Å². The summed E-state index contributed by atoms with van der Waals surface area (Å²) in [5.74, 6) is -14.6. The normalized spacial score (nSPS) is 12.9. The molecule has 0 bridgehead atoms. The molecule has 0 aliphatic rings. The van der Waals surface area contributed by atoms with Gasteiger partial charge in [0.05, 0.1) is 6.61 Å². The Labute approximate surface area is 168 Å². The largest absolute Gasteiger partial charge is 0.513 e. The van der Waals surface area contributed by atoms with Crippen molar-refractivity contribution in [2.24, 2.45) is 0 Å². The number of hydrogen-bond donors (Lipinski definition) is 1. The summed E-state index contributed by atoms with van der Waals surface area (Å²) in [5.41, 5.74) is 0. The van der Waals surface area contributed by atoms with Crippen LogP contribution in [0.4, 0.5) is 22.0 Å². The molecule has 6 nitrogen and oxygen atoms in total. The van der Waals surface area contributed by atoms with E-state index in [2.05, 4.69) is 4.52 Å². The maximum atomic E-state index is 13.9. The third-order valence-electron chi connectivity index (χ3n) is 3.53. The van der Waals surface area contributed by atoms with Crippen LogP contribution in [0.25, 0.3) is 0 Å². The smallest absolute Gasteiger partial charge is 0.465 e. The summed E-state index contributed by atoms with van der Waals surface area (Å²) >= 11 is 0. The number of rotatable bonds is 10. The Kier molecular flexibility index (Phi) is 8.19. The Morgan fingerprint density at radius 2 is 1.50 bits per heavy atom. The highest BCUT2D eigenvalue weighted by Crippen LogP contribution is 2.46. The van der Waals surface area contributed by atoms with Gasteiger partial charge in [-0.3, -0.25) is 4.79 Å². The van der Waals surface area contributed by atoms with E-state index in [4.69, 9.17) is 9.26 Å². The molecule has 30 heavy (non-hydrogen) atoms. The molecule has 2 rings (SSSR count). The first kappa shape index (κ1) is 23.6. The van der Waals surface area contributed by atoms with Gasteiger partial charge in [-0.2, -0.15) is 13.9 Å². The fraction of sp³-hybridized carbons (Fsp3) is 0.278. The van der Waals surface area contributed by atoms with Crippen LogP contribution in [-0.2, 0) is 14.1 Å². The highest BCUT2D eigenvalue weighted by Gasteiger charge is 2.36. The third-order valence-corrected chi connectivity index (χ3v) is 4.95. The first-order valence-electron chi connectivity index (χ1n) is 8.65. The Morgan fingerprint density at radius 3 is 2.07 bits per heavy atom. The number of ether oxygens (including phenoxy) is 1. The molecule has 164 valence electrons. The van der Waals surface area contributed by atoms with Gasteiger partial charge in [0.2, 0.25) is 34.8 Å². The van der Waals surface area contributed by atoms with Crippen LogP contribution in [0.1, 0.15) is 19.8 Å². The van der Waals surface area contributed by atoms with E-state index >= 15 is 0 Å². The Bertz CT molecular complexity index is 915. The van der Waals surface area contributed by atoms with Crippen molar-refractivity contribution in [2.45, 2.75) is 19.8 Å². The molecule has 0 saturated carbocycles. The lowest BCUT2D eigenvalue weighted by atomic mass is 10.3. The topological polar surface area (TPSA) is 73.9 Å². The molecule has 1 unspecified atom stereocenters. The number of unbranched alkanes of at least 4 members (excludes halogenated alkanes) is 1. The van der Waals surface area contributed by atoms with Gasteiger partial charge in [0.15, 0.2) is 0 Å². The number of carbonyl (C=O) groups is 1. The molecule has 0 spiro atoms. The quantitative estimate of drug-likeness (QED) is 0.138. The zero-order valence-electron chi connectivity index (χ0n) is 15.6. The molecule has 0 fully saturated rings. The first-order chi connectivity index (χ1) is 14.2. The monoisotopic (exact) mass is 453 g/mol. The fourth-order valence-corrected chi connectivity index (χ4v) is 3.32. The maximum Gasteiger partial charge on any atom is 0.513 e. The standard InChI is InChI=1S/C18H17F5NO5P/c1-2-3-9-27-12(25)10-24-30(26,28-11-7-5-4-6-8-11)29-18-16(22)14(20)13(19)15(21)17(18)23/h4-8H,2-3,9-10H2,1H3,(H,24,26). The van der Waals surface area contributed by atoms with E-state index in [1.807, 2.05) is 12.0 Å².